The third kappa shape index (κ3) is 3.74. The molecule has 34 heavy (non-hydrogen) atoms. The number of carbonyl (C=O) groups excluding carboxylic acids is 1. The first-order valence-corrected chi connectivity index (χ1v) is 10.5. The molecule has 176 valence electrons. The Balaban J connectivity index is 1.40. The van der Waals surface area contributed by atoms with Gasteiger partial charge in [0.2, 0.25) is 5.91 Å². The van der Waals surface area contributed by atoms with Gasteiger partial charge in [-0.05, 0) is 55.2 Å². The van der Waals surface area contributed by atoms with Crippen LogP contribution >= 0.6 is 0 Å². The molecule has 2 aromatic heterocycles. The maximum atomic E-state index is 13.4. The van der Waals surface area contributed by atoms with Gasteiger partial charge in [0.1, 0.15) is 5.82 Å². The van der Waals surface area contributed by atoms with Crippen molar-refractivity contribution >= 4 is 11.7 Å². The van der Waals surface area contributed by atoms with Crippen LogP contribution in [0.15, 0.2) is 42.6 Å². The lowest BCUT2D eigenvalue weighted by Crippen LogP contribution is -2.28. The monoisotopic (exact) mass is 469 g/mol. The Kier molecular flexibility index (Phi) is 5.03. The fraction of sp³-hybridized carbons (Fsp3) is 0.292. The lowest BCUT2D eigenvalue weighted by Gasteiger charge is -2.17. The Hall–Kier alpha value is -3.95. The summed E-state index contributed by atoms with van der Waals surface area (Å²) >= 11 is 0. The highest BCUT2D eigenvalue weighted by atomic mass is 19.3. The molecule has 1 saturated carbocycles. The molecule has 0 atom stereocenters. The van der Waals surface area contributed by atoms with E-state index in [-0.39, 0.29) is 17.4 Å². The van der Waals surface area contributed by atoms with Gasteiger partial charge in [-0.2, -0.15) is 0 Å². The standard InChI is InChI=1S/C24H21F2N3O5/c1-13-4-7-19(28-20(13)14-10-18(31-2)21(32-3)27-12-14)29-22(30)23(8-9-23)15-5-6-16-17(11-15)34-24(25,26)33-16/h4-7,10-12H,8-9H2,1-3H3,(H,28,29,30). The molecule has 1 N–H and O–H groups in total. The summed E-state index contributed by atoms with van der Waals surface area (Å²) in [4.78, 5) is 22.1. The minimum atomic E-state index is -3.71. The highest BCUT2D eigenvalue weighted by molar-refractivity contribution is 6.01. The van der Waals surface area contributed by atoms with Crippen molar-refractivity contribution < 1.29 is 32.5 Å². The second-order valence-corrected chi connectivity index (χ2v) is 8.16. The van der Waals surface area contributed by atoms with Crippen LogP contribution in [0.2, 0.25) is 0 Å². The molecule has 3 aromatic rings. The van der Waals surface area contributed by atoms with E-state index in [0.717, 1.165) is 5.56 Å². The molecule has 3 heterocycles. The Labute approximate surface area is 193 Å². The third-order valence-electron chi connectivity index (χ3n) is 5.98. The lowest BCUT2D eigenvalue weighted by atomic mass is 9.94. The van der Waals surface area contributed by atoms with Gasteiger partial charge in [0.15, 0.2) is 17.2 Å². The van der Waals surface area contributed by atoms with Gasteiger partial charge in [-0.25, -0.2) is 9.97 Å². The van der Waals surface area contributed by atoms with E-state index >= 15 is 0 Å². The summed E-state index contributed by atoms with van der Waals surface area (Å²) in [6.45, 7) is 1.90. The van der Waals surface area contributed by atoms with Crippen LogP contribution in [0.3, 0.4) is 0 Å². The number of anilines is 1. The number of alkyl halides is 2. The number of hydrogen-bond acceptors (Lipinski definition) is 7. The third-order valence-corrected chi connectivity index (χ3v) is 5.98. The van der Waals surface area contributed by atoms with Crippen molar-refractivity contribution in [3.05, 3.63) is 53.7 Å². The molecule has 0 bridgehead atoms. The number of nitrogens with one attached hydrogen (secondary N) is 1. The highest BCUT2D eigenvalue weighted by Gasteiger charge is 2.53. The zero-order valence-electron chi connectivity index (χ0n) is 18.6. The second-order valence-electron chi connectivity index (χ2n) is 8.16. The predicted molar refractivity (Wildman–Crippen MR) is 117 cm³/mol. The second kappa shape index (κ2) is 7.82. The number of rotatable bonds is 6. The zero-order chi connectivity index (χ0) is 24.1. The molecule has 5 rings (SSSR count). The molecular formula is C24H21F2N3O5. The van der Waals surface area contributed by atoms with Crippen LogP contribution in [0, 0.1) is 6.92 Å². The van der Waals surface area contributed by atoms with Crippen molar-refractivity contribution in [3.63, 3.8) is 0 Å². The van der Waals surface area contributed by atoms with Crippen LogP contribution in [0.4, 0.5) is 14.6 Å². The van der Waals surface area contributed by atoms with Crippen LogP contribution in [0.5, 0.6) is 23.1 Å². The largest absolute Gasteiger partial charge is 0.586 e. The van der Waals surface area contributed by atoms with E-state index in [1.807, 2.05) is 13.0 Å². The summed E-state index contributed by atoms with van der Waals surface area (Å²) < 4.78 is 46.3. The lowest BCUT2D eigenvalue weighted by molar-refractivity contribution is -0.286. The van der Waals surface area contributed by atoms with E-state index in [1.54, 1.807) is 24.4 Å². The SMILES string of the molecule is COc1cc(-c2nc(NC(=O)C3(c4ccc5c(c4)OC(F)(F)O5)CC3)ccc2C)cnc1OC. The van der Waals surface area contributed by atoms with Gasteiger partial charge in [0, 0.05) is 11.8 Å². The molecule has 1 amide bonds. The van der Waals surface area contributed by atoms with Crippen molar-refractivity contribution in [2.75, 3.05) is 19.5 Å². The van der Waals surface area contributed by atoms with E-state index in [1.165, 1.54) is 26.4 Å². The average molecular weight is 469 g/mol. The van der Waals surface area contributed by atoms with E-state index in [4.69, 9.17) is 9.47 Å². The van der Waals surface area contributed by atoms with E-state index in [9.17, 15) is 13.6 Å². The Morgan fingerprint density at radius 2 is 1.82 bits per heavy atom. The van der Waals surface area contributed by atoms with Gasteiger partial charge in [-0.3, -0.25) is 4.79 Å². The number of pyridine rings is 2. The summed E-state index contributed by atoms with van der Waals surface area (Å²) in [6, 6.07) is 9.76. The number of halogens is 2. The molecule has 1 aromatic carbocycles. The summed E-state index contributed by atoms with van der Waals surface area (Å²) in [7, 11) is 3.02. The first-order chi connectivity index (χ1) is 16.2. The normalized spacial score (nSPS) is 16.6. The summed E-state index contributed by atoms with van der Waals surface area (Å²) in [5.74, 6) is 0.757. The molecule has 0 unspecified atom stereocenters. The van der Waals surface area contributed by atoms with Gasteiger partial charge in [-0.15, -0.1) is 8.78 Å². The molecule has 8 nitrogen and oxygen atoms in total. The first kappa shape index (κ1) is 21.9. The van der Waals surface area contributed by atoms with Gasteiger partial charge in [0.25, 0.3) is 5.88 Å². The Bertz CT molecular complexity index is 1290. The molecule has 1 aliphatic heterocycles. The highest BCUT2D eigenvalue weighted by Crippen LogP contribution is 2.52. The van der Waals surface area contributed by atoms with Gasteiger partial charge >= 0.3 is 6.29 Å². The van der Waals surface area contributed by atoms with Crippen molar-refractivity contribution in [1.82, 2.24) is 9.97 Å². The maximum absolute atomic E-state index is 13.4. The van der Waals surface area contributed by atoms with Gasteiger partial charge < -0.3 is 24.3 Å². The fourth-order valence-electron chi connectivity index (χ4n) is 4.01. The van der Waals surface area contributed by atoms with Crippen LogP contribution in [0.1, 0.15) is 24.0 Å². The summed E-state index contributed by atoms with van der Waals surface area (Å²) in [5.41, 5.74) is 1.95. The van der Waals surface area contributed by atoms with Crippen molar-refractivity contribution in [2.45, 2.75) is 31.5 Å². The summed E-state index contributed by atoms with van der Waals surface area (Å²) in [6.07, 6.45) is -0.936. The van der Waals surface area contributed by atoms with Crippen LogP contribution < -0.4 is 24.3 Å². The topological polar surface area (TPSA) is 91.8 Å². The number of hydrogen-bond donors (Lipinski definition) is 1. The number of nitrogens with zero attached hydrogens (tertiary/aromatic N) is 2. The molecule has 0 saturated heterocycles. The maximum Gasteiger partial charge on any atom is 0.586 e. The minimum Gasteiger partial charge on any atom is -0.491 e. The number of fused-ring (bicyclic) bond motifs is 1. The van der Waals surface area contributed by atoms with Crippen LogP contribution in [-0.2, 0) is 10.2 Å². The van der Waals surface area contributed by atoms with Crippen molar-refractivity contribution in [1.29, 1.82) is 0 Å². The number of amides is 1. The number of benzene rings is 1. The van der Waals surface area contributed by atoms with Crippen LogP contribution in [0.25, 0.3) is 11.3 Å². The molecule has 2 aliphatic rings. The number of ether oxygens (including phenoxy) is 4. The van der Waals surface area contributed by atoms with Crippen molar-refractivity contribution in [2.24, 2.45) is 0 Å². The molecule has 1 fully saturated rings. The molecule has 0 radical (unpaired) electrons. The number of carbonyl (C=O) groups is 1. The molecule has 10 heteroatoms. The molecule has 0 spiro atoms. The quantitative estimate of drug-likeness (QED) is 0.570. The zero-order valence-corrected chi connectivity index (χ0v) is 18.6. The van der Waals surface area contributed by atoms with Gasteiger partial charge in [-0.1, -0.05) is 12.1 Å². The molecule has 1 aliphatic carbocycles. The Morgan fingerprint density at radius 3 is 2.53 bits per heavy atom. The molecular weight excluding hydrogens is 448 g/mol. The van der Waals surface area contributed by atoms with Crippen LogP contribution in [-0.4, -0.2) is 36.4 Å². The van der Waals surface area contributed by atoms with Gasteiger partial charge in [0.05, 0.1) is 25.3 Å². The smallest absolute Gasteiger partial charge is 0.491 e. The van der Waals surface area contributed by atoms with E-state index in [2.05, 4.69) is 24.8 Å². The number of methoxy groups -OCH3 is 2. The summed E-state index contributed by atoms with van der Waals surface area (Å²) in [5, 5.41) is 2.87. The van der Waals surface area contributed by atoms with Crippen molar-refractivity contribution in [3.8, 4) is 34.4 Å². The average Bonchev–Trinajstić information content (AvgIpc) is 3.57. The fourth-order valence-corrected chi connectivity index (χ4v) is 4.01. The van der Waals surface area contributed by atoms with E-state index in [0.29, 0.717) is 47.1 Å². The Morgan fingerprint density at radius 1 is 1.06 bits per heavy atom. The number of aromatic nitrogens is 2. The minimum absolute atomic E-state index is 0.0571. The van der Waals surface area contributed by atoms with E-state index < -0.39 is 11.7 Å². The predicted octanol–water partition coefficient (Wildman–Crippen LogP) is 4.46. The first-order valence-electron chi connectivity index (χ1n) is 10.5. The number of aryl methyl sites for hydroxylation is 1.